The summed E-state index contributed by atoms with van der Waals surface area (Å²) in [5, 5.41) is 0.538. The van der Waals surface area contributed by atoms with Gasteiger partial charge in [0.1, 0.15) is 6.61 Å². The van der Waals surface area contributed by atoms with Crippen molar-refractivity contribution in [3.05, 3.63) is 76.3 Å². The molecular formula is C24H20ClNO4. The SMILES string of the molecule is CC1=C[C@H]2C[C@H]1[C@@H]1C(=O)N(c3ccc(C(=O)OCc4ccccc4Cl)cc3)C(=O)[C@H]12. The van der Waals surface area contributed by atoms with Gasteiger partial charge >= 0.3 is 5.97 Å². The zero-order valence-corrected chi connectivity index (χ0v) is 17.1. The molecule has 0 aromatic heterocycles. The van der Waals surface area contributed by atoms with E-state index in [0.717, 1.165) is 12.0 Å². The lowest BCUT2D eigenvalue weighted by Crippen LogP contribution is -2.32. The maximum atomic E-state index is 13.0. The number of fused-ring (bicyclic) bond motifs is 5. The minimum Gasteiger partial charge on any atom is -0.457 e. The average molecular weight is 422 g/mol. The summed E-state index contributed by atoms with van der Waals surface area (Å²) in [5.74, 6) is -0.884. The van der Waals surface area contributed by atoms with Crippen molar-refractivity contribution < 1.29 is 19.1 Å². The van der Waals surface area contributed by atoms with Crippen LogP contribution < -0.4 is 4.90 Å². The van der Waals surface area contributed by atoms with E-state index in [4.69, 9.17) is 16.3 Å². The summed E-state index contributed by atoms with van der Waals surface area (Å²) in [7, 11) is 0. The Balaban J connectivity index is 1.30. The maximum Gasteiger partial charge on any atom is 0.338 e. The minimum atomic E-state index is -0.490. The number of benzene rings is 2. The van der Waals surface area contributed by atoms with Crippen molar-refractivity contribution >= 4 is 35.1 Å². The number of hydrogen-bond acceptors (Lipinski definition) is 4. The van der Waals surface area contributed by atoms with Gasteiger partial charge < -0.3 is 4.74 Å². The van der Waals surface area contributed by atoms with Gasteiger partial charge in [0.25, 0.3) is 0 Å². The molecule has 5 nitrogen and oxygen atoms in total. The highest BCUT2D eigenvalue weighted by Crippen LogP contribution is 2.55. The van der Waals surface area contributed by atoms with Gasteiger partial charge in [-0.3, -0.25) is 14.5 Å². The molecule has 30 heavy (non-hydrogen) atoms. The van der Waals surface area contributed by atoms with Gasteiger partial charge in [0.05, 0.1) is 23.1 Å². The topological polar surface area (TPSA) is 63.7 Å². The zero-order valence-electron chi connectivity index (χ0n) is 16.4. The number of allylic oxidation sites excluding steroid dienone is 2. The monoisotopic (exact) mass is 421 g/mol. The van der Waals surface area contributed by atoms with E-state index in [-0.39, 0.29) is 42.1 Å². The largest absolute Gasteiger partial charge is 0.457 e. The summed E-state index contributed by atoms with van der Waals surface area (Å²) < 4.78 is 5.33. The van der Waals surface area contributed by atoms with Gasteiger partial charge in [0.2, 0.25) is 11.8 Å². The number of imide groups is 1. The number of anilines is 1. The summed E-state index contributed by atoms with van der Waals surface area (Å²) in [6, 6.07) is 13.6. The fourth-order valence-corrected chi connectivity index (χ4v) is 5.31. The van der Waals surface area contributed by atoms with E-state index < -0.39 is 5.97 Å². The van der Waals surface area contributed by atoms with Gasteiger partial charge in [-0.1, -0.05) is 41.4 Å². The third-order valence-electron chi connectivity index (χ3n) is 6.56. The second-order valence-corrected chi connectivity index (χ2v) is 8.60. The smallest absolute Gasteiger partial charge is 0.338 e. The number of hydrogen-bond donors (Lipinski definition) is 0. The summed E-state index contributed by atoms with van der Waals surface area (Å²) >= 11 is 6.08. The van der Waals surface area contributed by atoms with Crippen LogP contribution >= 0.6 is 11.6 Å². The first-order valence-electron chi connectivity index (χ1n) is 10.0. The van der Waals surface area contributed by atoms with Crippen molar-refractivity contribution in [2.24, 2.45) is 23.7 Å². The summed E-state index contributed by atoms with van der Waals surface area (Å²) in [5.41, 5.74) is 2.80. The normalized spacial score (nSPS) is 26.7. The van der Waals surface area contributed by atoms with Crippen LogP contribution in [0.25, 0.3) is 0 Å². The van der Waals surface area contributed by atoms with Crippen LogP contribution in [0.1, 0.15) is 29.3 Å². The molecular weight excluding hydrogens is 402 g/mol. The molecule has 2 aromatic rings. The fraction of sp³-hybridized carbons (Fsp3) is 0.292. The van der Waals surface area contributed by atoms with E-state index in [2.05, 4.69) is 6.08 Å². The Morgan fingerprint density at radius 3 is 2.50 bits per heavy atom. The highest BCUT2D eigenvalue weighted by atomic mass is 35.5. The molecule has 2 fully saturated rings. The third kappa shape index (κ3) is 2.88. The first-order chi connectivity index (χ1) is 14.5. The molecule has 1 saturated heterocycles. The van der Waals surface area contributed by atoms with Gasteiger partial charge in [-0.05, 0) is 55.5 Å². The number of ether oxygens (including phenoxy) is 1. The van der Waals surface area contributed by atoms with E-state index in [1.165, 1.54) is 10.5 Å². The predicted molar refractivity (Wildman–Crippen MR) is 112 cm³/mol. The van der Waals surface area contributed by atoms with E-state index >= 15 is 0 Å². The molecule has 4 atom stereocenters. The van der Waals surface area contributed by atoms with Crippen molar-refractivity contribution in [1.29, 1.82) is 0 Å². The van der Waals surface area contributed by atoms with E-state index in [1.807, 2.05) is 19.1 Å². The summed E-state index contributed by atoms with van der Waals surface area (Å²) in [6.07, 6.45) is 3.06. The van der Waals surface area contributed by atoms with Crippen LogP contribution in [0.2, 0.25) is 5.02 Å². The number of nitrogens with zero attached hydrogens (tertiary/aromatic N) is 1. The van der Waals surface area contributed by atoms with Crippen LogP contribution in [-0.2, 0) is 20.9 Å². The molecule has 2 amide bonds. The van der Waals surface area contributed by atoms with Crippen LogP contribution in [0, 0.1) is 23.7 Å². The Bertz CT molecular complexity index is 1090. The fourth-order valence-electron chi connectivity index (χ4n) is 5.12. The van der Waals surface area contributed by atoms with Crippen LogP contribution in [0.4, 0.5) is 5.69 Å². The van der Waals surface area contributed by atoms with Crippen molar-refractivity contribution in [3.63, 3.8) is 0 Å². The lowest BCUT2D eigenvalue weighted by atomic mass is 9.82. The van der Waals surface area contributed by atoms with E-state index in [0.29, 0.717) is 16.3 Å². The summed E-state index contributed by atoms with van der Waals surface area (Å²) in [4.78, 5) is 39.6. The Morgan fingerprint density at radius 1 is 1.07 bits per heavy atom. The molecule has 6 heteroatoms. The minimum absolute atomic E-state index is 0.0713. The Labute approximate surface area is 179 Å². The lowest BCUT2D eigenvalue weighted by Gasteiger charge is -2.19. The average Bonchev–Trinajstić information content (AvgIpc) is 3.38. The van der Waals surface area contributed by atoms with Gasteiger partial charge in [0.15, 0.2) is 0 Å². The molecule has 5 rings (SSSR count). The third-order valence-corrected chi connectivity index (χ3v) is 6.93. The highest BCUT2D eigenvalue weighted by molar-refractivity contribution is 6.31. The van der Waals surface area contributed by atoms with Crippen LogP contribution in [-0.4, -0.2) is 17.8 Å². The van der Waals surface area contributed by atoms with Crippen molar-refractivity contribution in [2.45, 2.75) is 20.0 Å². The quantitative estimate of drug-likeness (QED) is 0.417. The van der Waals surface area contributed by atoms with E-state index in [9.17, 15) is 14.4 Å². The Hall–Kier alpha value is -2.92. The molecule has 0 unspecified atom stereocenters. The number of rotatable bonds is 4. The molecule has 152 valence electrons. The molecule has 2 aromatic carbocycles. The molecule has 3 aliphatic rings. The van der Waals surface area contributed by atoms with Crippen molar-refractivity contribution in [3.8, 4) is 0 Å². The highest BCUT2D eigenvalue weighted by Gasteiger charge is 2.60. The number of carbonyl (C=O) groups excluding carboxylic acids is 3. The number of halogens is 1. The van der Waals surface area contributed by atoms with E-state index in [1.54, 1.807) is 36.4 Å². The lowest BCUT2D eigenvalue weighted by molar-refractivity contribution is -0.123. The first-order valence-corrected chi connectivity index (χ1v) is 10.4. The molecule has 1 aliphatic heterocycles. The van der Waals surface area contributed by atoms with Gasteiger partial charge in [-0.2, -0.15) is 0 Å². The molecule has 2 aliphatic carbocycles. The predicted octanol–water partition coefficient (Wildman–Crippen LogP) is 4.40. The van der Waals surface area contributed by atoms with Crippen molar-refractivity contribution in [1.82, 2.24) is 0 Å². The Kier molecular flexibility index (Phi) is 4.51. The molecule has 0 N–H and O–H groups in total. The maximum absolute atomic E-state index is 13.0. The number of amides is 2. The molecule has 2 bridgehead atoms. The number of esters is 1. The second kappa shape index (κ2) is 7.10. The zero-order chi connectivity index (χ0) is 21.0. The van der Waals surface area contributed by atoms with Crippen LogP contribution in [0.15, 0.2) is 60.2 Å². The molecule has 1 saturated carbocycles. The van der Waals surface area contributed by atoms with Crippen LogP contribution in [0.3, 0.4) is 0 Å². The summed E-state index contributed by atoms with van der Waals surface area (Å²) in [6.45, 7) is 2.12. The number of carbonyl (C=O) groups is 3. The molecule has 1 heterocycles. The standard InChI is InChI=1S/C24H20ClNO4/c1-13-10-16-11-18(13)21-20(16)22(27)26(23(21)28)17-8-6-14(7-9-17)24(29)30-12-15-4-2-3-5-19(15)25/h2-10,16,18,20-21H,11-12H2,1H3/t16-,18+,20-,21-/m0/s1. The first kappa shape index (κ1) is 19.1. The van der Waals surface area contributed by atoms with Gasteiger partial charge in [-0.15, -0.1) is 0 Å². The molecule has 0 spiro atoms. The Morgan fingerprint density at radius 2 is 1.77 bits per heavy atom. The van der Waals surface area contributed by atoms with Gasteiger partial charge in [-0.25, -0.2) is 4.79 Å². The second-order valence-electron chi connectivity index (χ2n) is 8.19. The van der Waals surface area contributed by atoms with Gasteiger partial charge in [0, 0.05) is 10.6 Å². The molecule has 0 radical (unpaired) electrons. The van der Waals surface area contributed by atoms with Crippen molar-refractivity contribution in [2.75, 3.05) is 4.90 Å². The van der Waals surface area contributed by atoms with Crippen LogP contribution in [0.5, 0.6) is 0 Å².